The van der Waals surface area contributed by atoms with Crippen LogP contribution in [0.1, 0.15) is 31.3 Å². The minimum atomic E-state index is -0.0215. The summed E-state index contributed by atoms with van der Waals surface area (Å²) < 4.78 is 10.8. The molecule has 0 radical (unpaired) electrons. The molecule has 1 aromatic heterocycles. The zero-order valence-electron chi connectivity index (χ0n) is 12.6. The second kappa shape index (κ2) is 9.44. The Balaban J connectivity index is 2.66. The minimum Gasteiger partial charge on any atom is -0.380 e. The number of nitrogens with zero attached hydrogens (tertiary/aromatic N) is 2. The van der Waals surface area contributed by atoms with E-state index < -0.39 is 0 Å². The Kier molecular flexibility index (Phi) is 7.84. The summed E-state index contributed by atoms with van der Waals surface area (Å²) in [7, 11) is 0. The summed E-state index contributed by atoms with van der Waals surface area (Å²) in [6, 6.07) is 3.67. The quantitative estimate of drug-likeness (QED) is 0.485. The molecule has 0 aromatic carbocycles. The van der Waals surface area contributed by atoms with Gasteiger partial charge >= 0.3 is 0 Å². The van der Waals surface area contributed by atoms with E-state index in [2.05, 4.69) is 9.88 Å². The van der Waals surface area contributed by atoms with Crippen LogP contribution >= 0.6 is 0 Å². The van der Waals surface area contributed by atoms with E-state index >= 15 is 0 Å². The Labute approximate surface area is 120 Å². The number of hydrogen-bond acceptors (Lipinski definition) is 5. The third-order valence-corrected chi connectivity index (χ3v) is 2.89. The molecular formula is C15H24N2O3. The third kappa shape index (κ3) is 5.67. The maximum Gasteiger partial charge on any atom is 0.178 e. The molecule has 0 aliphatic heterocycles. The lowest BCUT2D eigenvalue weighted by molar-refractivity contribution is 0.101. The average Bonchev–Trinajstić information content (AvgIpc) is 2.46. The molecule has 0 spiro atoms. The molecule has 0 unspecified atom stereocenters. The van der Waals surface area contributed by atoms with Crippen LogP contribution in [0.2, 0.25) is 0 Å². The predicted molar refractivity (Wildman–Crippen MR) is 79.4 cm³/mol. The van der Waals surface area contributed by atoms with Crippen molar-refractivity contribution in [2.75, 3.05) is 44.4 Å². The smallest absolute Gasteiger partial charge is 0.178 e. The molecule has 0 amide bonds. The van der Waals surface area contributed by atoms with E-state index in [9.17, 15) is 4.79 Å². The van der Waals surface area contributed by atoms with Crippen molar-refractivity contribution >= 4 is 11.5 Å². The fraction of sp³-hybridized carbons (Fsp3) is 0.600. The van der Waals surface area contributed by atoms with Gasteiger partial charge in [-0.05, 0) is 26.0 Å². The van der Waals surface area contributed by atoms with Crippen molar-refractivity contribution in [2.24, 2.45) is 0 Å². The summed E-state index contributed by atoms with van der Waals surface area (Å²) in [6.07, 6.45) is 1.73. The van der Waals surface area contributed by atoms with Gasteiger partial charge in [0.05, 0.1) is 25.1 Å². The summed E-state index contributed by atoms with van der Waals surface area (Å²) >= 11 is 0. The standard InChI is InChI=1S/C15H24N2O3/c1-4-19-10-8-17(9-11-20-5-2)14-6-7-15(13(3)18)16-12-14/h6-7,12H,4-5,8-11H2,1-3H3. The second-order valence-corrected chi connectivity index (χ2v) is 4.34. The molecular weight excluding hydrogens is 256 g/mol. The van der Waals surface area contributed by atoms with Gasteiger partial charge in [-0.3, -0.25) is 9.78 Å². The van der Waals surface area contributed by atoms with Crippen molar-refractivity contribution in [3.8, 4) is 0 Å². The van der Waals surface area contributed by atoms with Crippen LogP contribution in [0.5, 0.6) is 0 Å². The zero-order valence-corrected chi connectivity index (χ0v) is 12.6. The SMILES string of the molecule is CCOCCN(CCOCC)c1ccc(C(C)=O)nc1. The number of carbonyl (C=O) groups excluding carboxylic acids is 1. The van der Waals surface area contributed by atoms with E-state index in [1.807, 2.05) is 19.9 Å². The highest BCUT2D eigenvalue weighted by Gasteiger charge is 2.08. The maximum absolute atomic E-state index is 11.2. The number of ether oxygens (including phenoxy) is 2. The van der Waals surface area contributed by atoms with E-state index in [-0.39, 0.29) is 5.78 Å². The molecule has 0 aliphatic carbocycles. The number of Topliss-reactive ketones (excluding diaryl/α,β-unsaturated/α-hetero) is 1. The Bertz CT molecular complexity index is 383. The Morgan fingerprint density at radius 2 is 1.75 bits per heavy atom. The highest BCUT2D eigenvalue weighted by molar-refractivity contribution is 5.92. The molecule has 1 heterocycles. The summed E-state index contributed by atoms with van der Waals surface area (Å²) in [6.45, 7) is 9.78. The van der Waals surface area contributed by atoms with Gasteiger partial charge in [0.2, 0.25) is 0 Å². The number of pyridine rings is 1. The average molecular weight is 280 g/mol. The Hall–Kier alpha value is -1.46. The zero-order chi connectivity index (χ0) is 14.8. The van der Waals surface area contributed by atoms with Crippen molar-refractivity contribution < 1.29 is 14.3 Å². The van der Waals surface area contributed by atoms with Crippen molar-refractivity contribution in [3.63, 3.8) is 0 Å². The monoisotopic (exact) mass is 280 g/mol. The summed E-state index contributed by atoms with van der Waals surface area (Å²) in [4.78, 5) is 17.6. The van der Waals surface area contributed by atoms with Gasteiger partial charge in [0.25, 0.3) is 0 Å². The number of rotatable bonds is 10. The van der Waals surface area contributed by atoms with Crippen LogP contribution in [0.15, 0.2) is 18.3 Å². The molecule has 1 rings (SSSR count). The summed E-state index contributed by atoms with van der Waals surface area (Å²) in [5.74, 6) is -0.0215. The van der Waals surface area contributed by atoms with Gasteiger partial charge in [-0.1, -0.05) is 0 Å². The fourth-order valence-electron chi connectivity index (χ4n) is 1.79. The second-order valence-electron chi connectivity index (χ2n) is 4.34. The maximum atomic E-state index is 11.2. The van der Waals surface area contributed by atoms with Crippen LogP contribution in [-0.2, 0) is 9.47 Å². The number of hydrogen-bond donors (Lipinski definition) is 0. The first-order valence-electron chi connectivity index (χ1n) is 7.06. The first-order chi connectivity index (χ1) is 9.69. The fourth-order valence-corrected chi connectivity index (χ4v) is 1.79. The van der Waals surface area contributed by atoms with Crippen molar-refractivity contribution in [3.05, 3.63) is 24.0 Å². The lowest BCUT2D eigenvalue weighted by Gasteiger charge is -2.24. The van der Waals surface area contributed by atoms with Gasteiger partial charge in [0.1, 0.15) is 5.69 Å². The lowest BCUT2D eigenvalue weighted by atomic mass is 10.2. The van der Waals surface area contributed by atoms with Crippen molar-refractivity contribution in [1.29, 1.82) is 0 Å². The molecule has 0 aliphatic rings. The molecule has 0 fully saturated rings. The highest BCUT2D eigenvalue weighted by atomic mass is 16.5. The molecule has 1 aromatic rings. The molecule has 0 atom stereocenters. The van der Waals surface area contributed by atoms with Crippen LogP contribution in [-0.4, -0.2) is 50.3 Å². The molecule has 0 saturated heterocycles. The molecule has 0 N–H and O–H groups in total. The Morgan fingerprint density at radius 1 is 1.15 bits per heavy atom. The van der Waals surface area contributed by atoms with E-state index in [0.29, 0.717) is 32.1 Å². The van der Waals surface area contributed by atoms with Crippen LogP contribution < -0.4 is 4.90 Å². The predicted octanol–water partition coefficient (Wildman–Crippen LogP) is 2.16. The van der Waals surface area contributed by atoms with Crippen LogP contribution in [0.25, 0.3) is 0 Å². The summed E-state index contributed by atoms with van der Waals surface area (Å²) in [5, 5.41) is 0. The van der Waals surface area contributed by atoms with Gasteiger partial charge in [0, 0.05) is 33.2 Å². The van der Waals surface area contributed by atoms with Crippen LogP contribution in [0, 0.1) is 0 Å². The number of carbonyl (C=O) groups is 1. The Morgan fingerprint density at radius 3 is 2.15 bits per heavy atom. The van der Waals surface area contributed by atoms with E-state index in [0.717, 1.165) is 18.8 Å². The molecule has 5 nitrogen and oxygen atoms in total. The normalized spacial score (nSPS) is 10.6. The first kappa shape index (κ1) is 16.6. The van der Waals surface area contributed by atoms with Crippen LogP contribution in [0.4, 0.5) is 5.69 Å². The number of ketones is 1. The lowest BCUT2D eigenvalue weighted by Crippen LogP contribution is -2.31. The molecule has 20 heavy (non-hydrogen) atoms. The summed E-state index contributed by atoms with van der Waals surface area (Å²) in [5.41, 5.74) is 1.47. The van der Waals surface area contributed by atoms with E-state index in [4.69, 9.17) is 9.47 Å². The van der Waals surface area contributed by atoms with Gasteiger partial charge in [0.15, 0.2) is 5.78 Å². The van der Waals surface area contributed by atoms with Gasteiger partial charge in [-0.2, -0.15) is 0 Å². The van der Waals surface area contributed by atoms with Gasteiger partial charge < -0.3 is 14.4 Å². The largest absolute Gasteiger partial charge is 0.380 e. The van der Waals surface area contributed by atoms with Crippen LogP contribution in [0.3, 0.4) is 0 Å². The van der Waals surface area contributed by atoms with Crippen molar-refractivity contribution in [2.45, 2.75) is 20.8 Å². The van der Waals surface area contributed by atoms with Gasteiger partial charge in [-0.25, -0.2) is 0 Å². The molecule has 0 saturated carbocycles. The van der Waals surface area contributed by atoms with E-state index in [1.54, 1.807) is 12.3 Å². The van der Waals surface area contributed by atoms with Gasteiger partial charge in [-0.15, -0.1) is 0 Å². The minimum absolute atomic E-state index is 0.0215. The molecule has 112 valence electrons. The molecule has 0 bridgehead atoms. The molecule has 5 heteroatoms. The number of aromatic nitrogens is 1. The first-order valence-corrected chi connectivity index (χ1v) is 7.06. The topological polar surface area (TPSA) is 51.7 Å². The third-order valence-electron chi connectivity index (χ3n) is 2.89. The van der Waals surface area contributed by atoms with E-state index in [1.165, 1.54) is 6.92 Å². The van der Waals surface area contributed by atoms with Crippen molar-refractivity contribution in [1.82, 2.24) is 4.98 Å². The number of anilines is 1. The highest BCUT2D eigenvalue weighted by Crippen LogP contribution is 2.13.